The topological polar surface area (TPSA) is 43.9 Å². The van der Waals surface area contributed by atoms with Crippen LogP contribution in [0.5, 0.6) is 0 Å². The zero-order chi connectivity index (χ0) is 20.6. The molecule has 6 heteroatoms. The van der Waals surface area contributed by atoms with Crippen LogP contribution >= 0.6 is 0 Å². The second kappa shape index (κ2) is 7.59. The maximum Gasteiger partial charge on any atom is 0.253 e. The van der Waals surface area contributed by atoms with E-state index in [2.05, 4.69) is 11.8 Å². The molecule has 2 heterocycles. The lowest BCUT2D eigenvalue weighted by Gasteiger charge is -2.46. The molecule has 0 aromatic heterocycles. The monoisotopic (exact) mass is 395 g/mol. The summed E-state index contributed by atoms with van der Waals surface area (Å²) in [5, 5.41) is 0. The van der Waals surface area contributed by atoms with Crippen LogP contribution in [-0.4, -0.2) is 60.4 Å². The fourth-order valence-electron chi connectivity index (χ4n) is 4.37. The first-order chi connectivity index (χ1) is 13.9. The van der Waals surface area contributed by atoms with E-state index in [0.717, 1.165) is 12.8 Å². The summed E-state index contributed by atoms with van der Waals surface area (Å²) in [5.41, 5.74) is 2.15. The van der Waals surface area contributed by atoms with Crippen LogP contribution < -0.4 is 4.90 Å². The highest BCUT2D eigenvalue weighted by molar-refractivity contribution is 5.97. The number of halogens is 1. The zero-order valence-corrected chi connectivity index (χ0v) is 16.9. The molecule has 2 amide bonds. The first kappa shape index (κ1) is 19.6. The van der Waals surface area contributed by atoms with Crippen LogP contribution in [0, 0.1) is 5.82 Å². The normalized spacial score (nSPS) is 22.5. The summed E-state index contributed by atoms with van der Waals surface area (Å²) in [4.78, 5) is 31.2. The first-order valence-corrected chi connectivity index (χ1v) is 10.1. The van der Waals surface area contributed by atoms with Crippen molar-refractivity contribution in [2.45, 2.75) is 25.3 Å². The van der Waals surface area contributed by atoms with Gasteiger partial charge in [-0.2, -0.15) is 0 Å². The Balaban J connectivity index is 1.54. The lowest BCUT2D eigenvalue weighted by molar-refractivity contribution is -0.123. The molecule has 5 nitrogen and oxygen atoms in total. The summed E-state index contributed by atoms with van der Waals surface area (Å²) in [5.74, 6) is -0.391. The van der Waals surface area contributed by atoms with Crippen molar-refractivity contribution in [1.82, 2.24) is 9.80 Å². The van der Waals surface area contributed by atoms with E-state index in [1.54, 1.807) is 17.0 Å². The van der Waals surface area contributed by atoms with Crippen molar-refractivity contribution >= 4 is 17.5 Å². The molecule has 152 valence electrons. The summed E-state index contributed by atoms with van der Waals surface area (Å²) >= 11 is 0. The van der Waals surface area contributed by atoms with E-state index in [0.29, 0.717) is 30.9 Å². The molecule has 0 bridgehead atoms. The highest BCUT2D eigenvalue weighted by Gasteiger charge is 2.48. The van der Waals surface area contributed by atoms with Gasteiger partial charge in [-0.3, -0.25) is 14.5 Å². The van der Waals surface area contributed by atoms with Crippen LogP contribution in [0.4, 0.5) is 10.1 Å². The molecular weight excluding hydrogens is 369 g/mol. The number of aryl methyl sites for hydroxylation is 1. The van der Waals surface area contributed by atoms with E-state index >= 15 is 0 Å². The van der Waals surface area contributed by atoms with E-state index in [1.165, 1.54) is 17.7 Å². The molecule has 2 saturated heterocycles. The number of carbonyl (C=O) groups excluding carboxylic acids is 2. The number of likely N-dealkylation sites (tertiary alicyclic amines) is 1. The molecule has 2 aliphatic rings. The van der Waals surface area contributed by atoms with Crippen LogP contribution in [0.15, 0.2) is 48.5 Å². The molecule has 0 unspecified atom stereocenters. The van der Waals surface area contributed by atoms with Crippen LogP contribution in [0.25, 0.3) is 0 Å². The summed E-state index contributed by atoms with van der Waals surface area (Å²) in [6.07, 6.45) is 1.72. The smallest absolute Gasteiger partial charge is 0.253 e. The van der Waals surface area contributed by atoms with Crippen molar-refractivity contribution in [3.05, 3.63) is 65.5 Å². The van der Waals surface area contributed by atoms with Gasteiger partial charge in [-0.15, -0.1) is 0 Å². The van der Waals surface area contributed by atoms with E-state index in [4.69, 9.17) is 0 Å². The third kappa shape index (κ3) is 3.65. The second-order valence-electron chi connectivity index (χ2n) is 8.07. The first-order valence-electron chi connectivity index (χ1n) is 10.1. The molecule has 2 fully saturated rings. The Hall–Kier alpha value is -2.73. The van der Waals surface area contributed by atoms with Crippen molar-refractivity contribution in [2.24, 2.45) is 0 Å². The predicted octanol–water partition coefficient (Wildman–Crippen LogP) is 2.95. The summed E-state index contributed by atoms with van der Waals surface area (Å²) < 4.78 is 13.7. The second-order valence-corrected chi connectivity index (χ2v) is 8.07. The zero-order valence-electron chi connectivity index (χ0n) is 16.9. The fraction of sp³-hybridized carbons (Fsp3) is 0.391. The number of nitrogens with zero attached hydrogens (tertiary/aromatic N) is 3. The Bertz CT molecular complexity index is 930. The number of anilines is 1. The van der Waals surface area contributed by atoms with Gasteiger partial charge < -0.3 is 9.80 Å². The predicted molar refractivity (Wildman–Crippen MR) is 110 cm³/mol. The van der Waals surface area contributed by atoms with Gasteiger partial charge in [0.1, 0.15) is 5.82 Å². The van der Waals surface area contributed by atoms with Crippen LogP contribution in [0.2, 0.25) is 0 Å². The molecule has 0 aliphatic carbocycles. The van der Waals surface area contributed by atoms with E-state index < -0.39 is 0 Å². The molecule has 0 radical (unpaired) electrons. The number of rotatable bonds is 3. The number of amides is 2. The quantitative estimate of drug-likeness (QED) is 0.803. The number of hydrogen-bond donors (Lipinski definition) is 0. The number of hydrogen-bond acceptors (Lipinski definition) is 3. The molecule has 1 atom stereocenters. The summed E-state index contributed by atoms with van der Waals surface area (Å²) in [7, 11) is 1.94. The lowest BCUT2D eigenvalue weighted by atomic mass is 9.92. The van der Waals surface area contributed by atoms with Gasteiger partial charge in [0.25, 0.3) is 5.91 Å². The van der Waals surface area contributed by atoms with E-state index in [-0.39, 0.29) is 29.7 Å². The number of carbonyl (C=O) groups is 2. The minimum absolute atomic E-state index is 0.0205. The molecule has 2 aromatic carbocycles. The molecule has 1 spiro atoms. The molecule has 4 rings (SSSR count). The summed E-state index contributed by atoms with van der Waals surface area (Å²) in [6, 6.07) is 13.9. The van der Waals surface area contributed by atoms with E-state index in [9.17, 15) is 14.0 Å². The van der Waals surface area contributed by atoms with Gasteiger partial charge in [0.15, 0.2) is 0 Å². The Morgan fingerprint density at radius 2 is 1.90 bits per heavy atom. The van der Waals surface area contributed by atoms with Gasteiger partial charge in [0, 0.05) is 30.9 Å². The van der Waals surface area contributed by atoms with Crippen molar-refractivity contribution in [3.8, 4) is 0 Å². The summed E-state index contributed by atoms with van der Waals surface area (Å²) in [6.45, 7) is 3.99. The largest absolute Gasteiger partial charge is 0.337 e. The molecule has 29 heavy (non-hydrogen) atoms. The SMILES string of the molecule is CCc1ccc(C(=O)N2CC[C@]3(C2)CN(c2cccc(F)c2)C(=O)CN3C)cc1. The molecule has 0 N–H and O–H groups in total. The Kier molecular flexibility index (Phi) is 5.13. The minimum atomic E-state index is -0.359. The number of benzene rings is 2. The van der Waals surface area contributed by atoms with Crippen molar-refractivity contribution in [3.63, 3.8) is 0 Å². The minimum Gasteiger partial charge on any atom is -0.337 e. The Morgan fingerprint density at radius 3 is 2.59 bits per heavy atom. The van der Waals surface area contributed by atoms with Crippen molar-refractivity contribution in [1.29, 1.82) is 0 Å². The highest BCUT2D eigenvalue weighted by atomic mass is 19.1. The van der Waals surface area contributed by atoms with Crippen molar-refractivity contribution in [2.75, 3.05) is 38.1 Å². The van der Waals surface area contributed by atoms with Crippen LogP contribution in [-0.2, 0) is 11.2 Å². The maximum absolute atomic E-state index is 13.7. The lowest BCUT2D eigenvalue weighted by Crippen LogP contribution is -2.64. The van der Waals surface area contributed by atoms with Crippen LogP contribution in [0.3, 0.4) is 0 Å². The molecule has 2 aromatic rings. The molecular formula is C23H26FN3O2. The maximum atomic E-state index is 13.7. The Labute approximate surface area is 170 Å². The van der Waals surface area contributed by atoms with Gasteiger partial charge in [0.2, 0.25) is 5.91 Å². The van der Waals surface area contributed by atoms with Gasteiger partial charge >= 0.3 is 0 Å². The molecule has 0 saturated carbocycles. The third-order valence-electron chi connectivity index (χ3n) is 6.28. The highest BCUT2D eigenvalue weighted by Crippen LogP contribution is 2.34. The van der Waals surface area contributed by atoms with Gasteiger partial charge in [-0.25, -0.2) is 4.39 Å². The number of likely N-dealkylation sites (N-methyl/N-ethyl adjacent to an activating group) is 1. The van der Waals surface area contributed by atoms with Gasteiger partial charge in [0.05, 0.1) is 12.1 Å². The fourth-order valence-corrected chi connectivity index (χ4v) is 4.37. The average Bonchev–Trinajstić information content (AvgIpc) is 3.16. The average molecular weight is 395 g/mol. The van der Waals surface area contributed by atoms with Crippen molar-refractivity contribution < 1.29 is 14.0 Å². The van der Waals surface area contributed by atoms with Gasteiger partial charge in [-0.05, 0) is 55.8 Å². The third-order valence-corrected chi connectivity index (χ3v) is 6.28. The van der Waals surface area contributed by atoms with Gasteiger partial charge in [-0.1, -0.05) is 25.1 Å². The number of piperazine rings is 1. The molecule has 2 aliphatic heterocycles. The van der Waals surface area contributed by atoms with E-state index in [1.807, 2.05) is 36.2 Å². The van der Waals surface area contributed by atoms with Crippen LogP contribution in [0.1, 0.15) is 29.3 Å². The standard InChI is InChI=1S/C23H26FN3O2/c1-3-17-7-9-18(10-8-17)22(29)26-12-11-23(15-26)16-27(21(28)14-25(23)2)20-6-4-5-19(24)13-20/h4-10,13H,3,11-12,14-16H2,1-2H3/t23-/m0/s1. The Morgan fingerprint density at radius 1 is 1.14 bits per heavy atom.